The Hall–Kier alpha value is 0.163. The summed E-state index contributed by atoms with van der Waals surface area (Å²) in [5, 5.41) is 0. The van der Waals surface area contributed by atoms with Crippen molar-refractivity contribution in [3.8, 4) is 0 Å². The fourth-order valence-electron chi connectivity index (χ4n) is 4.87. The maximum absolute atomic E-state index is 4.14. The first-order valence-corrected chi connectivity index (χ1v) is 13.4. The van der Waals surface area contributed by atoms with Crippen LogP contribution in [0.4, 0.5) is 0 Å². The maximum Gasteiger partial charge on any atom is -1.00 e. The Balaban J connectivity index is 0.00000312. The van der Waals surface area contributed by atoms with Crippen molar-refractivity contribution in [3.63, 3.8) is 0 Å². The summed E-state index contributed by atoms with van der Waals surface area (Å²) in [6, 6.07) is 0. The zero-order valence-corrected chi connectivity index (χ0v) is 22.2. The summed E-state index contributed by atoms with van der Waals surface area (Å²) in [5.74, 6) is 0. The Labute approximate surface area is 182 Å². The summed E-state index contributed by atoms with van der Waals surface area (Å²) in [7, 11) is 0. The second-order valence-corrected chi connectivity index (χ2v) is 14.5. The number of hydrogen-bond donors (Lipinski definition) is 0. The van der Waals surface area contributed by atoms with Gasteiger partial charge < -0.3 is 24.8 Å². The fraction of sp³-hybridized carbons (Fsp3) is 0.565. The van der Waals surface area contributed by atoms with E-state index < -0.39 is 21.8 Å². The summed E-state index contributed by atoms with van der Waals surface area (Å²) in [6.07, 6.45) is 2.20. The summed E-state index contributed by atoms with van der Waals surface area (Å²) >= 11 is -2.03. The van der Waals surface area contributed by atoms with Gasteiger partial charge >= 0.3 is 159 Å². The molecular formula is C23H35Cl2Zr. The molecule has 2 aliphatic rings. The van der Waals surface area contributed by atoms with Gasteiger partial charge in [-0.15, -0.1) is 0 Å². The van der Waals surface area contributed by atoms with Gasteiger partial charge in [-0.05, 0) is 0 Å². The van der Waals surface area contributed by atoms with Crippen molar-refractivity contribution in [2.45, 2.75) is 73.4 Å². The van der Waals surface area contributed by atoms with Crippen molar-refractivity contribution in [3.05, 3.63) is 52.7 Å². The van der Waals surface area contributed by atoms with Crippen molar-refractivity contribution in [2.75, 3.05) is 0 Å². The van der Waals surface area contributed by atoms with Gasteiger partial charge in [0.1, 0.15) is 0 Å². The molecule has 0 fully saturated rings. The van der Waals surface area contributed by atoms with Crippen LogP contribution in [0.25, 0.3) is 0 Å². The van der Waals surface area contributed by atoms with Gasteiger partial charge in [-0.1, -0.05) is 0 Å². The van der Waals surface area contributed by atoms with Gasteiger partial charge in [0.15, 0.2) is 0 Å². The number of rotatable bonds is 4. The molecule has 0 aromatic heterocycles. The minimum Gasteiger partial charge on any atom is -1.00 e. The Morgan fingerprint density at radius 3 is 1.19 bits per heavy atom. The smallest absolute Gasteiger partial charge is 1.00 e. The van der Waals surface area contributed by atoms with Crippen molar-refractivity contribution in [1.82, 2.24) is 0 Å². The van der Waals surface area contributed by atoms with E-state index in [4.69, 9.17) is 0 Å². The van der Waals surface area contributed by atoms with Crippen molar-refractivity contribution in [1.29, 1.82) is 0 Å². The molecule has 0 heterocycles. The SMILES string of the molecule is C=C[CH2][Zr+2]([C]1=C(C)C(C)=C(C)C1(C)C)[C]1=C(C)C(C)=C(C)C1(C)C.[Cl-].[Cl-]. The molecule has 0 aliphatic heterocycles. The van der Waals surface area contributed by atoms with Gasteiger partial charge in [0, 0.05) is 0 Å². The van der Waals surface area contributed by atoms with Gasteiger partial charge in [-0.3, -0.25) is 0 Å². The van der Waals surface area contributed by atoms with Crippen molar-refractivity contribution >= 4 is 0 Å². The van der Waals surface area contributed by atoms with Crippen LogP contribution in [0, 0.1) is 10.8 Å². The standard InChI is InChI=1S/2C10H15.C3H5.2ClH.Zr/c2*1-7-6-10(4,5)9(3)8(7)2;1-3-2;;;/h2*1-5H3;3H,1-2H2;2*1H;/q;;;;;+2/p-2. The van der Waals surface area contributed by atoms with Crippen LogP contribution < -0.4 is 24.8 Å². The van der Waals surface area contributed by atoms with Crippen LogP contribution in [0.2, 0.25) is 4.13 Å². The minimum absolute atomic E-state index is 0. The number of allylic oxidation sites excluding steroid dienone is 9. The molecule has 0 aromatic carbocycles. The van der Waals surface area contributed by atoms with E-state index in [1.165, 1.54) is 15.3 Å². The average Bonchev–Trinajstić information content (AvgIpc) is 2.74. The third-order valence-electron chi connectivity index (χ3n) is 7.08. The maximum atomic E-state index is 4.14. The molecule has 0 nitrogen and oxygen atoms in total. The van der Waals surface area contributed by atoms with Gasteiger partial charge in [-0.2, -0.15) is 0 Å². The molecule has 26 heavy (non-hydrogen) atoms. The molecule has 0 atom stereocenters. The molecule has 2 rings (SSSR count). The average molecular weight is 474 g/mol. The van der Waals surface area contributed by atoms with Crippen LogP contribution >= 0.6 is 0 Å². The molecular weight excluding hydrogens is 438 g/mol. The van der Waals surface area contributed by atoms with Crippen LogP contribution in [-0.2, 0) is 21.8 Å². The van der Waals surface area contributed by atoms with Gasteiger partial charge in [0.05, 0.1) is 0 Å². The topological polar surface area (TPSA) is 0 Å². The molecule has 0 saturated carbocycles. The number of hydrogen-bond acceptors (Lipinski definition) is 0. The molecule has 0 spiro atoms. The summed E-state index contributed by atoms with van der Waals surface area (Å²) in [5.41, 5.74) is 9.85. The second kappa shape index (κ2) is 8.67. The molecule has 0 N–H and O–H groups in total. The molecule has 2 aliphatic carbocycles. The normalized spacial score (nSPS) is 21.2. The third-order valence-corrected chi connectivity index (χ3v) is 16.7. The Morgan fingerprint density at radius 2 is 1.00 bits per heavy atom. The van der Waals surface area contributed by atoms with E-state index in [0.29, 0.717) is 0 Å². The summed E-state index contributed by atoms with van der Waals surface area (Å²) in [6.45, 7) is 28.0. The van der Waals surface area contributed by atoms with E-state index in [1.807, 2.05) is 6.56 Å². The minimum atomic E-state index is -2.03. The van der Waals surface area contributed by atoms with Crippen molar-refractivity contribution in [2.24, 2.45) is 10.8 Å². The Kier molecular flexibility index (Phi) is 8.73. The third kappa shape index (κ3) is 3.70. The predicted octanol–water partition coefficient (Wildman–Crippen LogP) is 1.52. The first-order chi connectivity index (χ1) is 10.9. The molecule has 0 bridgehead atoms. The fourth-order valence-corrected chi connectivity index (χ4v) is 15.0. The predicted molar refractivity (Wildman–Crippen MR) is 105 cm³/mol. The zero-order valence-electron chi connectivity index (χ0n) is 18.2. The quantitative estimate of drug-likeness (QED) is 0.544. The van der Waals surface area contributed by atoms with E-state index in [9.17, 15) is 0 Å². The van der Waals surface area contributed by atoms with Crippen molar-refractivity contribution < 1.29 is 46.6 Å². The molecule has 145 valence electrons. The van der Waals surface area contributed by atoms with E-state index in [1.54, 1.807) is 22.3 Å². The largest absolute Gasteiger partial charge is 1.00 e. The van der Waals surface area contributed by atoms with Gasteiger partial charge in [0.2, 0.25) is 0 Å². The number of halogens is 2. The summed E-state index contributed by atoms with van der Waals surface area (Å²) in [4.78, 5) is 0. The monoisotopic (exact) mass is 471 g/mol. The Morgan fingerprint density at radius 1 is 0.692 bits per heavy atom. The molecule has 0 amide bonds. The zero-order chi connectivity index (χ0) is 18.6. The van der Waals surface area contributed by atoms with Crippen LogP contribution in [0.1, 0.15) is 69.2 Å². The Bertz CT molecular complexity index is 669. The van der Waals surface area contributed by atoms with Gasteiger partial charge in [0.25, 0.3) is 0 Å². The van der Waals surface area contributed by atoms with Crippen LogP contribution in [0.3, 0.4) is 0 Å². The molecule has 0 aromatic rings. The first kappa shape index (κ1) is 26.2. The van der Waals surface area contributed by atoms with Crippen LogP contribution in [-0.4, -0.2) is 0 Å². The van der Waals surface area contributed by atoms with E-state index >= 15 is 0 Å². The van der Waals surface area contributed by atoms with Gasteiger partial charge in [-0.25, -0.2) is 0 Å². The van der Waals surface area contributed by atoms with E-state index in [2.05, 4.69) is 81.9 Å². The van der Waals surface area contributed by atoms with Crippen LogP contribution in [0.15, 0.2) is 52.7 Å². The molecule has 3 heteroatoms. The molecule has 0 unspecified atom stereocenters. The molecule has 0 radical (unpaired) electrons. The summed E-state index contributed by atoms with van der Waals surface area (Å²) < 4.78 is 4.84. The van der Waals surface area contributed by atoms with E-state index in [-0.39, 0.29) is 35.6 Å². The molecule has 0 saturated heterocycles. The second-order valence-electron chi connectivity index (χ2n) is 8.72. The van der Waals surface area contributed by atoms with E-state index in [0.717, 1.165) is 0 Å². The van der Waals surface area contributed by atoms with Crippen LogP contribution in [0.5, 0.6) is 0 Å². The first-order valence-electron chi connectivity index (χ1n) is 9.17.